The van der Waals surface area contributed by atoms with Crippen molar-refractivity contribution in [3.8, 4) is 0 Å². The van der Waals surface area contributed by atoms with Crippen LogP contribution in [0.1, 0.15) is 46.1 Å². The number of halogens is 1. The number of aromatic nitrogens is 3. The number of nitrogens with one attached hydrogen (secondary N) is 1. The number of ether oxygens (including phenoxy) is 2. The molecule has 2 aliphatic rings. The van der Waals surface area contributed by atoms with E-state index in [1.54, 1.807) is 23.4 Å². The third-order valence-corrected chi connectivity index (χ3v) is 7.61. The minimum Gasteiger partial charge on any atom is -0.444 e. The van der Waals surface area contributed by atoms with Crippen molar-refractivity contribution in [2.75, 3.05) is 37.7 Å². The Hall–Kier alpha value is -3.37. The van der Waals surface area contributed by atoms with Crippen molar-refractivity contribution in [1.29, 1.82) is 0 Å². The first-order chi connectivity index (χ1) is 19.0. The summed E-state index contributed by atoms with van der Waals surface area (Å²) < 4.78 is 11.6. The topological polar surface area (TPSA) is 104 Å². The van der Waals surface area contributed by atoms with Gasteiger partial charge in [-0.05, 0) is 58.4 Å². The van der Waals surface area contributed by atoms with Gasteiger partial charge in [-0.3, -0.25) is 4.79 Å². The number of amides is 2. The molecule has 2 bridgehead atoms. The average molecular weight is 569 g/mol. The molecule has 4 heterocycles. The maximum Gasteiger partial charge on any atom is 0.410 e. The summed E-state index contributed by atoms with van der Waals surface area (Å²) in [5.41, 5.74) is 0.933. The highest BCUT2D eigenvalue weighted by Gasteiger charge is 2.43. The predicted molar refractivity (Wildman–Crippen MR) is 154 cm³/mol. The number of carbonyl (C=O) groups is 2. The molecular weight excluding hydrogens is 532 g/mol. The molecule has 40 heavy (non-hydrogen) atoms. The molecule has 1 N–H and O–H groups in total. The molecule has 2 aliphatic heterocycles. The van der Waals surface area contributed by atoms with E-state index in [-0.39, 0.29) is 30.6 Å². The van der Waals surface area contributed by atoms with Crippen molar-refractivity contribution in [3.63, 3.8) is 0 Å². The minimum atomic E-state index is -0.649. The van der Waals surface area contributed by atoms with Gasteiger partial charge in [0.2, 0.25) is 5.91 Å². The highest BCUT2D eigenvalue weighted by atomic mass is 35.5. The van der Waals surface area contributed by atoms with Crippen LogP contribution in [0.25, 0.3) is 11.0 Å². The Morgan fingerprint density at radius 3 is 2.42 bits per heavy atom. The molecule has 0 spiro atoms. The fourth-order valence-electron chi connectivity index (χ4n) is 5.51. The fraction of sp³-hybridized carbons (Fsp3) is 0.517. The lowest BCUT2D eigenvalue weighted by atomic mass is 9.94. The van der Waals surface area contributed by atoms with Gasteiger partial charge in [-0.25, -0.2) is 14.8 Å². The van der Waals surface area contributed by atoms with Gasteiger partial charge in [0.25, 0.3) is 0 Å². The highest BCUT2D eigenvalue weighted by molar-refractivity contribution is 6.30. The van der Waals surface area contributed by atoms with Gasteiger partial charge in [0.1, 0.15) is 23.4 Å². The maximum absolute atomic E-state index is 14.3. The number of H-pyrrole nitrogens is 1. The van der Waals surface area contributed by atoms with E-state index in [1.807, 2.05) is 63.9 Å². The van der Waals surface area contributed by atoms with Gasteiger partial charge >= 0.3 is 6.09 Å². The molecule has 2 saturated heterocycles. The van der Waals surface area contributed by atoms with E-state index in [2.05, 4.69) is 19.9 Å². The molecule has 1 aromatic carbocycles. The molecule has 0 aliphatic carbocycles. The third kappa shape index (κ3) is 5.88. The zero-order valence-corrected chi connectivity index (χ0v) is 24.4. The molecule has 2 amide bonds. The van der Waals surface area contributed by atoms with Crippen LogP contribution in [-0.2, 0) is 14.3 Å². The van der Waals surface area contributed by atoms with Gasteiger partial charge in [-0.15, -0.1) is 0 Å². The quantitative estimate of drug-likeness (QED) is 0.468. The van der Waals surface area contributed by atoms with Gasteiger partial charge in [0.15, 0.2) is 0 Å². The zero-order chi connectivity index (χ0) is 28.6. The number of aromatic amines is 1. The van der Waals surface area contributed by atoms with E-state index in [0.29, 0.717) is 31.3 Å². The first-order valence-electron chi connectivity index (χ1n) is 13.7. The highest BCUT2D eigenvalue weighted by Crippen LogP contribution is 2.33. The van der Waals surface area contributed by atoms with E-state index < -0.39 is 17.6 Å². The summed E-state index contributed by atoms with van der Waals surface area (Å²) in [7, 11) is 0. The Labute approximate surface area is 239 Å². The van der Waals surface area contributed by atoms with Crippen LogP contribution in [0, 0.1) is 0 Å². The number of hydrogen-bond donors (Lipinski definition) is 1. The Morgan fingerprint density at radius 2 is 1.80 bits per heavy atom. The van der Waals surface area contributed by atoms with Gasteiger partial charge in [-0.2, -0.15) is 0 Å². The molecule has 2 unspecified atom stereocenters. The molecule has 11 heteroatoms. The van der Waals surface area contributed by atoms with Crippen molar-refractivity contribution in [2.45, 2.75) is 64.3 Å². The SMILES string of the molecule is CC(C)N(C[C@@H](C(=O)N1CC2COCC(C1)N2c1ncnc2[nH]ccc12)c1ccc(Cl)cc1)C(=O)OC(C)(C)C. The van der Waals surface area contributed by atoms with E-state index in [1.165, 1.54) is 0 Å². The number of benzene rings is 1. The first-order valence-corrected chi connectivity index (χ1v) is 14.1. The van der Waals surface area contributed by atoms with Crippen molar-refractivity contribution >= 4 is 40.5 Å². The zero-order valence-electron chi connectivity index (χ0n) is 23.6. The largest absolute Gasteiger partial charge is 0.444 e. The molecule has 5 rings (SSSR count). The summed E-state index contributed by atoms with van der Waals surface area (Å²) in [6.45, 7) is 11.5. The van der Waals surface area contributed by atoms with Gasteiger partial charge < -0.3 is 29.2 Å². The minimum absolute atomic E-state index is 0.0393. The summed E-state index contributed by atoms with van der Waals surface area (Å²) in [4.78, 5) is 45.4. The second kappa shape index (κ2) is 11.2. The standard InChI is InChI=1S/C29H37ClN6O4/c1-18(2)35(28(38)40-29(3,4)5)14-24(19-6-8-20(30)9-7-19)27(37)34-12-21-15-39-16-22(13-34)36(21)26-23-10-11-31-25(23)32-17-33-26/h6-11,17-18,21-22,24H,12-16H2,1-5H3,(H,31,32,33)/t21?,22?,24-/m1/s1. The fourth-order valence-corrected chi connectivity index (χ4v) is 5.63. The van der Waals surface area contributed by atoms with Crippen LogP contribution in [0.3, 0.4) is 0 Å². The van der Waals surface area contributed by atoms with E-state index in [4.69, 9.17) is 21.1 Å². The van der Waals surface area contributed by atoms with Crippen LogP contribution in [0.4, 0.5) is 10.6 Å². The van der Waals surface area contributed by atoms with Gasteiger partial charge in [-0.1, -0.05) is 23.7 Å². The van der Waals surface area contributed by atoms with E-state index in [9.17, 15) is 9.59 Å². The number of piperazine rings is 1. The third-order valence-electron chi connectivity index (χ3n) is 7.36. The van der Waals surface area contributed by atoms with Crippen molar-refractivity contribution < 1.29 is 19.1 Å². The second-order valence-corrected chi connectivity index (χ2v) is 12.2. The first kappa shape index (κ1) is 28.2. The summed E-state index contributed by atoms with van der Waals surface area (Å²) in [5, 5.41) is 1.53. The van der Waals surface area contributed by atoms with Crippen LogP contribution >= 0.6 is 11.6 Å². The molecule has 0 radical (unpaired) electrons. The molecule has 2 aromatic heterocycles. The number of nitrogens with zero attached hydrogens (tertiary/aromatic N) is 5. The predicted octanol–water partition coefficient (Wildman–Crippen LogP) is 4.46. The number of fused-ring (bicyclic) bond motifs is 3. The number of carbonyl (C=O) groups excluding carboxylic acids is 2. The lowest BCUT2D eigenvalue weighted by molar-refractivity contribution is -0.136. The maximum atomic E-state index is 14.3. The molecule has 3 aromatic rings. The van der Waals surface area contributed by atoms with Crippen molar-refractivity contribution in [2.24, 2.45) is 0 Å². The summed E-state index contributed by atoms with van der Waals surface area (Å²) in [5.74, 6) is 0.222. The smallest absolute Gasteiger partial charge is 0.410 e. The molecule has 10 nitrogen and oxygen atoms in total. The monoisotopic (exact) mass is 568 g/mol. The summed E-state index contributed by atoms with van der Waals surface area (Å²) in [6.07, 6.45) is 2.98. The Morgan fingerprint density at radius 1 is 1.12 bits per heavy atom. The molecule has 214 valence electrons. The molecule has 2 fully saturated rings. The van der Waals surface area contributed by atoms with Gasteiger partial charge in [0, 0.05) is 36.9 Å². The number of hydrogen-bond acceptors (Lipinski definition) is 7. The van der Waals surface area contributed by atoms with E-state index in [0.717, 1.165) is 22.4 Å². The van der Waals surface area contributed by atoms with Crippen LogP contribution in [0.5, 0.6) is 0 Å². The Kier molecular flexibility index (Phi) is 7.92. The molecular formula is C29H37ClN6O4. The number of rotatable bonds is 6. The average Bonchev–Trinajstić information content (AvgIpc) is 3.37. The van der Waals surface area contributed by atoms with Crippen molar-refractivity contribution in [3.05, 3.63) is 53.4 Å². The van der Waals surface area contributed by atoms with Crippen LogP contribution in [-0.4, -0.2) is 93.3 Å². The van der Waals surface area contributed by atoms with Crippen LogP contribution in [0.15, 0.2) is 42.9 Å². The normalized spacial score (nSPS) is 20.1. The van der Waals surface area contributed by atoms with E-state index >= 15 is 0 Å². The van der Waals surface area contributed by atoms with Crippen LogP contribution in [0.2, 0.25) is 5.02 Å². The lowest BCUT2D eigenvalue weighted by Crippen LogP contribution is -2.66. The number of morpholine rings is 1. The summed E-state index contributed by atoms with van der Waals surface area (Å²) >= 11 is 6.18. The summed E-state index contributed by atoms with van der Waals surface area (Å²) in [6, 6.07) is 8.97. The molecule has 3 atom stereocenters. The lowest BCUT2D eigenvalue weighted by Gasteiger charge is -2.51. The second-order valence-electron chi connectivity index (χ2n) is 11.8. The Bertz CT molecular complexity index is 1340. The van der Waals surface area contributed by atoms with Crippen molar-refractivity contribution in [1.82, 2.24) is 24.8 Å². The Balaban J connectivity index is 1.42. The van der Waals surface area contributed by atoms with Gasteiger partial charge in [0.05, 0.1) is 36.6 Å². The molecule has 0 saturated carbocycles. The number of anilines is 1. The van der Waals surface area contributed by atoms with Crippen LogP contribution < -0.4 is 4.90 Å².